The number of hydrogen-bond donors (Lipinski definition) is 1. The van der Waals surface area contributed by atoms with E-state index in [2.05, 4.69) is 0 Å². The number of benzene rings is 3. The van der Waals surface area contributed by atoms with Crippen LogP contribution in [0, 0.1) is 11.8 Å². The quantitative estimate of drug-likeness (QED) is 0.572. The predicted octanol–water partition coefficient (Wildman–Crippen LogP) is 4.49. The number of rotatable bonds is 1. The minimum atomic E-state index is -1.60. The number of para-hydroxylation sites is 1. The number of carbonyl (C=O) groups excluding carboxylic acids is 2. The third kappa shape index (κ3) is 1.97. The lowest BCUT2D eigenvalue weighted by molar-refractivity contribution is -0.133. The van der Waals surface area contributed by atoms with Crippen molar-refractivity contribution < 1.29 is 14.7 Å². The van der Waals surface area contributed by atoms with Gasteiger partial charge in [0.25, 0.3) is 0 Å². The molecule has 0 unspecified atom stereocenters. The molecule has 2 amide bonds. The van der Waals surface area contributed by atoms with Gasteiger partial charge in [-0.15, -0.1) is 0 Å². The van der Waals surface area contributed by atoms with E-state index in [-0.39, 0.29) is 27.6 Å². The Labute approximate surface area is 182 Å². The van der Waals surface area contributed by atoms with Crippen LogP contribution in [0.4, 0.5) is 5.69 Å². The highest BCUT2D eigenvalue weighted by atomic mass is 35.5. The summed E-state index contributed by atoms with van der Waals surface area (Å²) < 4.78 is 0. The molecule has 0 spiro atoms. The summed E-state index contributed by atoms with van der Waals surface area (Å²) in [7, 11) is 0. The van der Waals surface area contributed by atoms with Crippen molar-refractivity contribution in [3.8, 4) is 0 Å². The van der Waals surface area contributed by atoms with Crippen molar-refractivity contribution in [2.45, 2.75) is 11.5 Å². The first-order valence-corrected chi connectivity index (χ1v) is 10.4. The van der Waals surface area contributed by atoms with E-state index in [4.69, 9.17) is 23.2 Å². The number of aliphatic hydroxyl groups is 1. The minimum absolute atomic E-state index is 0.182. The Bertz CT molecular complexity index is 1200. The molecule has 0 radical (unpaired) electrons. The molecule has 0 aromatic heterocycles. The van der Waals surface area contributed by atoms with Gasteiger partial charge < -0.3 is 5.11 Å². The molecular weight excluding hydrogens is 421 g/mol. The van der Waals surface area contributed by atoms with Crippen LogP contribution in [0.15, 0.2) is 66.7 Å². The van der Waals surface area contributed by atoms with E-state index in [0.29, 0.717) is 11.1 Å². The van der Waals surface area contributed by atoms with Gasteiger partial charge in [0.1, 0.15) is 5.60 Å². The summed E-state index contributed by atoms with van der Waals surface area (Å²) in [5.41, 5.74) is 1.72. The molecular formula is C24H15Cl2NO3. The Kier molecular flexibility index (Phi) is 3.59. The van der Waals surface area contributed by atoms with Crippen molar-refractivity contribution in [3.63, 3.8) is 0 Å². The molecule has 1 fully saturated rings. The van der Waals surface area contributed by atoms with E-state index in [1.807, 2.05) is 48.5 Å². The zero-order valence-corrected chi connectivity index (χ0v) is 17.1. The lowest BCUT2D eigenvalue weighted by atomic mass is 9.52. The summed E-state index contributed by atoms with van der Waals surface area (Å²) in [6, 6.07) is 19.9. The Morgan fingerprint density at radius 2 is 1.30 bits per heavy atom. The third-order valence-corrected chi connectivity index (χ3v) is 7.34. The topological polar surface area (TPSA) is 57.6 Å². The summed E-state index contributed by atoms with van der Waals surface area (Å²) in [6.45, 7) is 0. The summed E-state index contributed by atoms with van der Waals surface area (Å²) >= 11 is 12.7. The van der Waals surface area contributed by atoms with Crippen molar-refractivity contribution in [3.05, 3.63) is 99.0 Å². The molecule has 1 heterocycles. The smallest absolute Gasteiger partial charge is 0.241 e. The van der Waals surface area contributed by atoms with Crippen LogP contribution in [-0.4, -0.2) is 16.9 Å². The van der Waals surface area contributed by atoms with Gasteiger partial charge in [-0.1, -0.05) is 77.8 Å². The molecule has 2 atom stereocenters. The van der Waals surface area contributed by atoms with Gasteiger partial charge in [-0.2, -0.15) is 0 Å². The van der Waals surface area contributed by atoms with Gasteiger partial charge in [-0.25, -0.2) is 4.90 Å². The summed E-state index contributed by atoms with van der Waals surface area (Å²) in [5.74, 6) is -2.84. The summed E-state index contributed by atoms with van der Waals surface area (Å²) in [4.78, 5) is 28.5. The molecule has 6 heteroatoms. The first-order valence-electron chi connectivity index (χ1n) is 9.69. The van der Waals surface area contributed by atoms with Gasteiger partial charge in [0, 0.05) is 5.92 Å². The molecule has 2 bridgehead atoms. The van der Waals surface area contributed by atoms with Crippen LogP contribution in [0.3, 0.4) is 0 Å². The lowest BCUT2D eigenvalue weighted by Crippen LogP contribution is -2.53. The average Bonchev–Trinajstić information content (AvgIpc) is 3.01. The Morgan fingerprint density at radius 1 is 0.767 bits per heavy atom. The van der Waals surface area contributed by atoms with E-state index >= 15 is 0 Å². The van der Waals surface area contributed by atoms with Crippen LogP contribution >= 0.6 is 23.2 Å². The Balaban J connectivity index is 1.64. The monoisotopic (exact) mass is 435 g/mol. The van der Waals surface area contributed by atoms with E-state index in [1.54, 1.807) is 18.2 Å². The van der Waals surface area contributed by atoms with Crippen LogP contribution in [-0.2, 0) is 15.2 Å². The van der Waals surface area contributed by atoms with E-state index in [9.17, 15) is 14.7 Å². The van der Waals surface area contributed by atoms with Gasteiger partial charge >= 0.3 is 0 Å². The standard InChI is InChI=1S/C24H15Cl2NO3/c25-16-10-5-11-17(26)21(16)27-22(28)19-18-12-6-1-3-8-14(12)24(30,20(19)23(27)29)15-9-4-2-7-13(15)18/h1-11,18-20,30H/t18?,19-,20+,24?/m1/s1. The molecule has 1 N–H and O–H groups in total. The van der Waals surface area contributed by atoms with Crippen molar-refractivity contribution in [1.29, 1.82) is 0 Å². The van der Waals surface area contributed by atoms with Crippen molar-refractivity contribution in [1.82, 2.24) is 0 Å². The van der Waals surface area contributed by atoms with Crippen LogP contribution in [0.1, 0.15) is 28.2 Å². The van der Waals surface area contributed by atoms with Gasteiger partial charge in [-0.05, 0) is 34.4 Å². The second kappa shape index (κ2) is 5.94. The molecule has 3 aromatic carbocycles. The molecule has 3 aliphatic carbocycles. The number of anilines is 1. The maximum Gasteiger partial charge on any atom is 0.241 e. The van der Waals surface area contributed by atoms with Crippen LogP contribution in [0.2, 0.25) is 10.0 Å². The zero-order chi connectivity index (χ0) is 20.8. The molecule has 148 valence electrons. The van der Waals surface area contributed by atoms with Crippen LogP contribution in [0.25, 0.3) is 0 Å². The number of nitrogens with zero attached hydrogens (tertiary/aromatic N) is 1. The average molecular weight is 436 g/mol. The number of carbonyl (C=O) groups is 2. The molecule has 4 aliphatic rings. The summed E-state index contributed by atoms with van der Waals surface area (Å²) in [6.07, 6.45) is 0. The largest absolute Gasteiger partial charge is 0.379 e. The highest BCUT2D eigenvalue weighted by Gasteiger charge is 2.68. The van der Waals surface area contributed by atoms with E-state index in [1.165, 1.54) is 0 Å². The fourth-order valence-corrected chi connectivity index (χ4v) is 6.22. The number of halogens is 2. The lowest BCUT2D eigenvalue weighted by Gasteiger charge is -2.51. The Hall–Kier alpha value is -2.66. The fourth-order valence-electron chi connectivity index (χ4n) is 5.65. The predicted molar refractivity (Wildman–Crippen MR) is 114 cm³/mol. The van der Waals surface area contributed by atoms with Crippen LogP contribution < -0.4 is 4.90 Å². The molecule has 7 rings (SSSR count). The highest BCUT2D eigenvalue weighted by molar-refractivity contribution is 6.42. The molecule has 0 saturated carbocycles. The first kappa shape index (κ1) is 18.1. The molecule has 1 saturated heterocycles. The third-order valence-electron chi connectivity index (χ3n) is 6.73. The minimum Gasteiger partial charge on any atom is -0.379 e. The second-order valence-corrected chi connectivity index (χ2v) is 8.82. The molecule has 30 heavy (non-hydrogen) atoms. The molecule has 3 aromatic rings. The molecule has 4 nitrogen and oxygen atoms in total. The first-order chi connectivity index (χ1) is 14.5. The van der Waals surface area contributed by atoms with Gasteiger partial charge in [-0.3, -0.25) is 9.59 Å². The zero-order valence-electron chi connectivity index (χ0n) is 15.5. The van der Waals surface area contributed by atoms with Crippen molar-refractivity contribution >= 4 is 40.7 Å². The Morgan fingerprint density at radius 3 is 1.87 bits per heavy atom. The van der Waals surface area contributed by atoms with Crippen molar-refractivity contribution in [2.24, 2.45) is 11.8 Å². The maximum atomic E-state index is 13.7. The SMILES string of the molecule is O=C1[C@@H]2C3c4ccccc4C(O)(c4ccccc43)[C@@H]2C(=O)N1c1c(Cl)cccc1Cl. The van der Waals surface area contributed by atoms with E-state index < -0.39 is 23.3 Å². The second-order valence-electron chi connectivity index (χ2n) is 8.00. The van der Waals surface area contributed by atoms with Gasteiger partial charge in [0.05, 0.1) is 27.6 Å². The normalized spacial score (nSPS) is 28.4. The summed E-state index contributed by atoms with van der Waals surface area (Å²) in [5, 5.41) is 12.6. The van der Waals surface area contributed by atoms with Crippen molar-refractivity contribution in [2.75, 3.05) is 4.90 Å². The number of imide groups is 1. The van der Waals surface area contributed by atoms with Gasteiger partial charge in [0.2, 0.25) is 11.8 Å². The van der Waals surface area contributed by atoms with Crippen LogP contribution in [0.5, 0.6) is 0 Å². The maximum absolute atomic E-state index is 13.7. The van der Waals surface area contributed by atoms with E-state index in [0.717, 1.165) is 16.0 Å². The number of hydrogen-bond acceptors (Lipinski definition) is 3. The molecule has 1 aliphatic heterocycles. The highest BCUT2D eigenvalue weighted by Crippen LogP contribution is 2.63. The fraction of sp³-hybridized carbons (Fsp3) is 0.167. The van der Waals surface area contributed by atoms with Gasteiger partial charge in [0.15, 0.2) is 0 Å². The number of amides is 2.